The number of carbonyl (C=O) groups is 1. The Morgan fingerprint density at radius 2 is 1.92 bits per heavy atom. The molecule has 0 bridgehead atoms. The maximum absolute atomic E-state index is 14.5. The van der Waals surface area contributed by atoms with Crippen molar-refractivity contribution < 1.29 is 36.6 Å². The number of rotatable bonds is 3. The molecule has 0 aliphatic rings. The number of nitrogens with zero attached hydrogens (tertiary/aromatic N) is 1. The monoisotopic (exact) mass is 416 g/mol. The van der Waals surface area contributed by atoms with Crippen molar-refractivity contribution in [2.45, 2.75) is 12.3 Å². The average Bonchev–Trinajstić information content (AvgIpc) is 2.50. The maximum Gasteiger partial charge on any atom is 0.512 e. The maximum atomic E-state index is 14.5. The third kappa shape index (κ3) is 3.91. The third-order valence-electron chi connectivity index (χ3n) is 3.08. The predicted molar refractivity (Wildman–Crippen MR) is 82.6 cm³/mol. The zero-order valence-electron chi connectivity index (χ0n) is 12.2. The lowest BCUT2D eigenvalue weighted by Gasteiger charge is -2.17. The first kappa shape index (κ1) is 20.0. The third-order valence-corrected chi connectivity index (χ3v) is 3.79. The molecule has 0 saturated heterocycles. The molecule has 5 nitrogen and oxygen atoms in total. The molecule has 140 valence electrons. The molecule has 1 aromatic heterocycles. The quantitative estimate of drug-likeness (QED) is 0.516. The molecule has 1 aromatic carbocycles. The van der Waals surface area contributed by atoms with Gasteiger partial charge in [-0.1, -0.05) is 23.2 Å². The van der Waals surface area contributed by atoms with Crippen molar-refractivity contribution in [2.24, 2.45) is 0 Å². The molecule has 1 heterocycles. The standard InChI is InChI=1S/C14H7Cl2F5N2O3/c15-5-2-1-4(10(17)8(5)11(18)14(19,20)21)7-3-6(22)9(16)12(23-7)26-13(24)25/h1-3,11H,(H2,22,23)(H,24,25). The fourth-order valence-corrected chi connectivity index (χ4v) is 2.35. The molecule has 0 saturated carbocycles. The summed E-state index contributed by atoms with van der Waals surface area (Å²) in [4.78, 5) is 14.2. The molecule has 1 atom stereocenters. The van der Waals surface area contributed by atoms with E-state index < -0.39 is 57.1 Å². The Balaban J connectivity index is 2.67. The zero-order chi connectivity index (χ0) is 19.8. The van der Waals surface area contributed by atoms with E-state index in [0.717, 1.165) is 18.2 Å². The lowest BCUT2D eigenvalue weighted by molar-refractivity contribution is -0.183. The van der Waals surface area contributed by atoms with Gasteiger partial charge in [-0.2, -0.15) is 13.2 Å². The van der Waals surface area contributed by atoms with Gasteiger partial charge in [-0.15, -0.1) is 0 Å². The molecular weight excluding hydrogens is 410 g/mol. The van der Waals surface area contributed by atoms with Crippen molar-refractivity contribution >= 4 is 35.0 Å². The minimum atomic E-state index is -5.40. The van der Waals surface area contributed by atoms with E-state index in [0.29, 0.717) is 0 Å². The summed E-state index contributed by atoms with van der Waals surface area (Å²) in [5.74, 6) is -2.37. The van der Waals surface area contributed by atoms with Crippen LogP contribution < -0.4 is 10.5 Å². The molecule has 3 N–H and O–H groups in total. The molecule has 1 unspecified atom stereocenters. The van der Waals surface area contributed by atoms with Crippen molar-refractivity contribution in [3.05, 3.63) is 39.6 Å². The Hall–Kier alpha value is -2.33. The van der Waals surface area contributed by atoms with Crippen LogP contribution in [-0.4, -0.2) is 22.4 Å². The molecular formula is C14H7Cl2F5N2O3. The van der Waals surface area contributed by atoms with Crippen LogP contribution in [0.2, 0.25) is 10.0 Å². The number of anilines is 1. The van der Waals surface area contributed by atoms with Gasteiger partial charge >= 0.3 is 12.3 Å². The summed E-state index contributed by atoms with van der Waals surface area (Å²) in [6, 6.07) is 2.70. The Labute approximate surface area is 152 Å². The highest BCUT2D eigenvalue weighted by Gasteiger charge is 2.44. The van der Waals surface area contributed by atoms with Gasteiger partial charge in [0.05, 0.1) is 22.0 Å². The Kier molecular flexibility index (Phi) is 5.47. The molecule has 0 radical (unpaired) electrons. The van der Waals surface area contributed by atoms with Gasteiger partial charge in [0.2, 0.25) is 12.1 Å². The van der Waals surface area contributed by atoms with E-state index in [1.54, 1.807) is 0 Å². The number of hydrogen-bond acceptors (Lipinski definition) is 4. The van der Waals surface area contributed by atoms with Crippen molar-refractivity contribution in [3.8, 4) is 17.1 Å². The minimum absolute atomic E-state index is 0.295. The summed E-state index contributed by atoms with van der Waals surface area (Å²) in [7, 11) is 0. The first-order valence-corrected chi connectivity index (χ1v) is 7.25. The van der Waals surface area contributed by atoms with Crippen molar-refractivity contribution in [1.82, 2.24) is 4.98 Å². The molecule has 26 heavy (non-hydrogen) atoms. The summed E-state index contributed by atoms with van der Waals surface area (Å²) in [6.45, 7) is 0. The van der Waals surface area contributed by atoms with E-state index in [9.17, 15) is 26.7 Å². The van der Waals surface area contributed by atoms with E-state index in [2.05, 4.69) is 9.72 Å². The number of benzene rings is 1. The second-order valence-corrected chi connectivity index (χ2v) is 5.60. The number of halogens is 7. The molecule has 0 aliphatic carbocycles. The Bertz CT molecular complexity index is 877. The second-order valence-electron chi connectivity index (χ2n) is 4.81. The number of pyridine rings is 1. The Morgan fingerprint density at radius 3 is 2.46 bits per heavy atom. The van der Waals surface area contributed by atoms with E-state index >= 15 is 0 Å². The summed E-state index contributed by atoms with van der Waals surface area (Å²) in [5, 5.41) is 7.41. The molecule has 0 fully saturated rings. The van der Waals surface area contributed by atoms with Gasteiger partial charge in [0, 0.05) is 5.56 Å². The van der Waals surface area contributed by atoms with Crippen molar-refractivity contribution in [3.63, 3.8) is 0 Å². The lowest BCUT2D eigenvalue weighted by Crippen LogP contribution is -2.18. The van der Waals surface area contributed by atoms with Crippen LogP contribution in [0.15, 0.2) is 18.2 Å². The fourth-order valence-electron chi connectivity index (χ4n) is 1.98. The molecule has 0 spiro atoms. The number of alkyl halides is 4. The van der Waals surface area contributed by atoms with Crippen molar-refractivity contribution in [1.29, 1.82) is 0 Å². The molecule has 2 rings (SSSR count). The highest BCUT2D eigenvalue weighted by atomic mass is 35.5. The van der Waals surface area contributed by atoms with Crippen LogP contribution in [0.25, 0.3) is 11.3 Å². The first-order valence-electron chi connectivity index (χ1n) is 6.49. The van der Waals surface area contributed by atoms with Gasteiger partial charge < -0.3 is 15.6 Å². The van der Waals surface area contributed by atoms with Crippen molar-refractivity contribution in [2.75, 3.05) is 5.73 Å². The van der Waals surface area contributed by atoms with Crippen LogP contribution in [0.3, 0.4) is 0 Å². The van der Waals surface area contributed by atoms with Crippen LogP contribution in [0.5, 0.6) is 5.88 Å². The van der Waals surface area contributed by atoms with Gasteiger partial charge in [-0.3, -0.25) is 0 Å². The minimum Gasteiger partial charge on any atom is -0.449 e. The van der Waals surface area contributed by atoms with Gasteiger partial charge in [0.25, 0.3) is 0 Å². The zero-order valence-corrected chi connectivity index (χ0v) is 13.8. The number of aromatic nitrogens is 1. The number of hydrogen-bond donors (Lipinski definition) is 2. The van der Waals surface area contributed by atoms with E-state index in [4.69, 9.17) is 34.0 Å². The fraction of sp³-hybridized carbons (Fsp3) is 0.143. The second kappa shape index (κ2) is 7.12. The smallest absolute Gasteiger partial charge is 0.449 e. The highest BCUT2D eigenvalue weighted by molar-refractivity contribution is 6.34. The predicted octanol–water partition coefficient (Wildman–Crippen LogP) is 5.41. The number of carboxylic acid groups (broad SMARTS) is 1. The SMILES string of the molecule is Nc1cc(-c2ccc(Cl)c(C(F)C(F)(F)F)c2F)nc(OC(=O)O)c1Cl. The summed E-state index contributed by atoms with van der Waals surface area (Å²) < 4.78 is 70.3. The molecule has 2 aromatic rings. The average molecular weight is 417 g/mol. The van der Waals surface area contributed by atoms with Crippen LogP contribution in [0.4, 0.5) is 32.4 Å². The van der Waals surface area contributed by atoms with Gasteiger partial charge in [-0.25, -0.2) is 18.6 Å². The lowest BCUT2D eigenvalue weighted by atomic mass is 10.0. The normalized spacial score (nSPS) is 12.7. The van der Waals surface area contributed by atoms with Crippen LogP contribution in [0.1, 0.15) is 11.7 Å². The summed E-state index contributed by atoms with van der Waals surface area (Å²) >= 11 is 11.2. The summed E-state index contributed by atoms with van der Waals surface area (Å²) in [5.41, 5.74) is 2.75. The van der Waals surface area contributed by atoms with E-state index in [-0.39, 0.29) is 5.69 Å². The van der Waals surface area contributed by atoms with Gasteiger partial charge in [0.1, 0.15) is 10.8 Å². The van der Waals surface area contributed by atoms with E-state index in [1.165, 1.54) is 0 Å². The molecule has 0 aliphatic heterocycles. The molecule has 0 amide bonds. The van der Waals surface area contributed by atoms with Gasteiger partial charge in [-0.05, 0) is 18.2 Å². The number of ether oxygens (including phenoxy) is 1. The largest absolute Gasteiger partial charge is 0.512 e. The topological polar surface area (TPSA) is 85.4 Å². The Morgan fingerprint density at radius 1 is 1.31 bits per heavy atom. The van der Waals surface area contributed by atoms with Crippen LogP contribution >= 0.6 is 23.2 Å². The van der Waals surface area contributed by atoms with Crippen LogP contribution in [0, 0.1) is 5.82 Å². The van der Waals surface area contributed by atoms with E-state index in [1.807, 2.05) is 0 Å². The highest BCUT2D eigenvalue weighted by Crippen LogP contribution is 2.43. The molecule has 12 heteroatoms. The number of nitrogens with two attached hydrogens (primary N) is 1. The first-order chi connectivity index (χ1) is 11.9. The van der Waals surface area contributed by atoms with Crippen LogP contribution in [-0.2, 0) is 0 Å². The number of nitrogen functional groups attached to an aromatic ring is 1. The van der Waals surface area contributed by atoms with Gasteiger partial charge in [0.15, 0.2) is 0 Å². The summed E-state index contributed by atoms with van der Waals surface area (Å²) in [6.07, 6.45) is -10.9.